The standard InChI is InChI=1S/C34H28N6O6S2.2Na/c1-19-15-21(11-13-27(19)37-39-29-17-31(47(41,42)43)23-7-3-5-9-25(23)33(29)35)22-12-14-28(20(2)16-22)38-40-30-18-32(48(44,45)46)24-8-4-6-10-26(24)34(30)36;;/h3-18H,35-36H2,1-2H3,(H,41,42,43)(H,44,45,46);;/q;2*+1/p-2/b39-37+,40-38+;;. The normalized spacial score (nSPS) is 12.0. The molecule has 12 nitrogen and oxygen atoms in total. The van der Waals surface area contributed by atoms with E-state index in [1.165, 1.54) is 12.1 Å². The maximum atomic E-state index is 11.9. The van der Waals surface area contributed by atoms with E-state index in [1.54, 1.807) is 48.5 Å². The number of benzene rings is 6. The topological polar surface area (TPSA) is 216 Å². The van der Waals surface area contributed by atoms with E-state index >= 15 is 0 Å². The summed E-state index contributed by atoms with van der Waals surface area (Å²) in [6, 6.07) is 26.1. The summed E-state index contributed by atoms with van der Waals surface area (Å²) in [7, 11) is -9.59. The molecular weight excluding hydrogens is 699 g/mol. The van der Waals surface area contributed by atoms with Gasteiger partial charge in [-0.05, 0) is 72.5 Å². The molecule has 4 N–H and O–H groups in total. The number of nitrogens with zero attached hydrogens (tertiary/aromatic N) is 4. The van der Waals surface area contributed by atoms with Gasteiger partial charge in [-0.3, -0.25) is 0 Å². The Morgan fingerprint density at radius 2 is 0.800 bits per heavy atom. The second kappa shape index (κ2) is 15.4. The third-order valence-electron chi connectivity index (χ3n) is 7.85. The van der Waals surface area contributed by atoms with E-state index in [9.17, 15) is 25.9 Å². The average Bonchev–Trinajstić information content (AvgIpc) is 3.04. The fourth-order valence-electron chi connectivity index (χ4n) is 5.39. The zero-order valence-electron chi connectivity index (χ0n) is 27.4. The quantitative estimate of drug-likeness (QED) is 0.107. The summed E-state index contributed by atoms with van der Waals surface area (Å²) in [5.74, 6) is 0. The van der Waals surface area contributed by atoms with Crippen LogP contribution in [0, 0.1) is 13.8 Å². The van der Waals surface area contributed by atoms with Crippen LogP contribution in [0.4, 0.5) is 34.1 Å². The number of nitrogen functional groups attached to an aromatic ring is 2. The minimum Gasteiger partial charge on any atom is -0.744 e. The molecule has 0 amide bonds. The Morgan fingerprint density at radius 1 is 0.480 bits per heavy atom. The molecule has 0 spiro atoms. The number of rotatable bonds is 7. The Kier molecular flexibility index (Phi) is 12.1. The average molecular weight is 725 g/mol. The SMILES string of the molecule is Cc1cc(-c2ccc(/N=N/c3cc(S(=O)(=O)[O-])c4ccccc4c3N)c(C)c2)ccc1/N=N/c1cc(S(=O)(=O)[O-])c2ccccc2c1N.[Na+].[Na+]. The second-order valence-electron chi connectivity index (χ2n) is 11.0. The van der Waals surface area contributed by atoms with Crippen molar-refractivity contribution in [2.24, 2.45) is 20.5 Å². The number of fused-ring (bicyclic) bond motifs is 2. The molecular formula is C34H26N6Na2O6S2. The summed E-state index contributed by atoms with van der Waals surface area (Å²) in [6.45, 7) is 3.68. The van der Waals surface area contributed by atoms with E-state index in [2.05, 4.69) is 20.5 Å². The molecule has 16 heteroatoms. The van der Waals surface area contributed by atoms with Crippen LogP contribution in [0.2, 0.25) is 0 Å². The summed E-state index contributed by atoms with van der Waals surface area (Å²) in [6.07, 6.45) is 0. The van der Waals surface area contributed by atoms with E-state index in [0.717, 1.165) is 34.4 Å². The van der Waals surface area contributed by atoms with Crippen molar-refractivity contribution in [2.45, 2.75) is 23.6 Å². The molecule has 0 fully saturated rings. The van der Waals surface area contributed by atoms with Gasteiger partial charge in [0.1, 0.15) is 31.6 Å². The Bertz CT molecular complexity index is 2400. The van der Waals surface area contributed by atoms with Crippen molar-refractivity contribution in [2.75, 3.05) is 11.5 Å². The number of aryl methyl sites for hydroxylation is 2. The molecule has 0 aliphatic heterocycles. The fraction of sp³-hybridized carbons (Fsp3) is 0.0588. The molecule has 0 bridgehead atoms. The van der Waals surface area contributed by atoms with Crippen LogP contribution in [-0.2, 0) is 20.2 Å². The second-order valence-corrected chi connectivity index (χ2v) is 13.7. The van der Waals surface area contributed by atoms with E-state index in [4.69, 9.17) is 11.5 Å². The van der Waals surface area contributed by atoms with Crippen molar-refractivity contribution in [3.05, 3.63) is 108 Å². The van der Waals surface area contributed by atoms with Crippen molar-refractivity contribution >= 4 is 75.9 Å². The van der Waals surface area contributed by atoms with Gasteiger partial charge in [0.25, 0.3) is 0 Å². The molecule has 6 aromatic rings. The molecule has 0 radical (unpaired) electrons. The third kappa shape index (κ3) is 8.00. The largest absolute Gasteiger partial charge is 1.00 e. The number of anilines is 2. The molecule has 0 unspecified atom stereocenters. The van der Waals surface area contributed by atoms with Crippen LogP contribution in [0.1, 0.15) is 11.1 Å². The molecule has 50 heavy (non-hydrogen) atoms. The first-order valence-corrected chi connectivity index (χ1v) is 17.1. The molecule has 0 atom stereocenters. The number of nitrogens with two attached hydrogens (primary N) is 2. The summed E-state index contributed by atoms with van der Waals surface area (Å²) < 4.78 is 71.7. The van der Waals surface area contributed by atoms with E-state index in [-0.39, 0.29) is 92.6 Å². The third-order valence-corrected chi connectivity index (χ3v) is 9.60. The van der Waals surface area contributed by atoms with E-state index < -0.39 is 30.0 Å². The summed E-state index contributed by atoms with van der Waals surface area (Å²) in [5, 5.41) is 18.2. The van der Waals surface area contributed by atoms with Gasteiger partial charge < -0.3 is 20.6 Å². The van der Waals surface area contributed by atoms with Gasteiger partial charge in [0.05, 0.1) is 32.5 Å². The van der Waals surface area contributed by atoms with Crippen molar-refractivity contribution in [1.29, 1.82) is 0 Å². The molecule has 0 heterocycles. The van der Waals surface area contributed by atoms with Crippen LogP contribution in [0.25, 0.3) is 32.7 Å². The Balaban J connectivity index is 0.00000281. The van der Waals surface area contributed by atoms with E-state index in [1.807, 2.05) is 38.1 Å². The summed E-state index contributed by atoms with van der Waals surface area (Å²) >= 11 is 0. The van der Waals surface area contributed by atoms with Gasteiger partial charge in [-0.25, -0.2) is 16.8 Å². The molecule has 0 aliphatic carbocycles. The Hall–Kier alpha value is -3.54. The van der Waals surface area contributed by atoms with Gasteiger partial charge in [0.15, 0.2) is 0 Å². The predicted molar refractivity (Wildman–Crippen MR) is 182 cm³/mol. The van der Waals surface area contributed by atoms with Gasteiger partial charge in [0.2, 0.25) is 0 Å². The first kappa shape index (κ1) is 39.2. The minimum atomic E-state index is -4.80. The van der Waals surface area contributed by atoms with Crippen molar-refractivity contribution in [1.82, 2.24) is 0 Å². The molecule has 6 rings (SSSR count). The van der Waals surface area contributed by atoms with Gasteiger partial charge in [-0.1, -0.05) is 60.7 Å². The zero-order valence-corrected chi connectivity index (χ0v) is 33.1. The Morgan fingerprint density at radius 3 is 1.12 bits per heavy atom. The van der Waals surface area contributed by atoms with Gasteiger partial charge >= 0.3 is 59.1 Å². The Labute approximate surface area is 332 Å². The maximum Gasteiger partial charge on any atom is 1.00 e. The minimum absolute atomic E-state index is 0. The van der Waals surface area contributed by atoms with Gasteiger partial charge in [-0.15, -0.1) is 10.2 Å². The van der Waals surface area contributed by atoms with Crippen LogP contribution in [-0.4, -0.2) is 25.9 Å². The summed E-state index contributed by atoms with van der Waals surface area (Å²) in [4.78, 5) is -0.847. The zero-order chi connectivity index (χ0) is 34.4. The van der Waals surface area contributed by atoms with Crippen LogP contribution in [0.5, 0.6) is 0 Å². The maximum absolute atomic E-state index is 11.9. The van der Waals surface area contributed by atoms with Gasteiger partial charge in [-0.2, -0.15) is 10.2 Å². The van der Waals surface area contributed by atoms with Crippen LogP contribution < -0.4 is 70.6 Å². The number of hydrogen-bond donors (Lipinski definition) is 2. The first-order chi connectivity index (χ1) is 22.7. The fourth-order valence-corrected chi connectivity index (χ4v) is 6.80. The first-order valence-electron chi connectivity index (χ1n) is 14.3. The molecule has 0 aliphatic rings. The molecule has 6 aromatic carbocycles. The van der Waals surface area contributed by atoms with E-state index in [0.29, 0.717) is 22.1 Å². The number of azo groups is 2. The van der Waals surface area contributed by atoms with Crippen molar-refractivity contribution in [3.63, 3.8) is 0 Å². The van der Waals surface area contributed by atoms with Crippen LogP contribution >= 0.6 is 0 Å². The smallest absolute Gasteiger partial charge is 0.744 e. The summed E-state index contributed by atoms with van der Waals surface area (Å²) in [5.41, 5.74) is 17.3. The molecule has 242 valence electrons. The van der Waals surface area contributed by atoms with Crippen LogP contribution in [0.3, 0.4) is 0 Å². The number of hydrogen-bond acceptors (Lipinski definition) is 12. The predicted octanol–water partition coefficient (Wildman–Crippen LogP) is 2.09. The van der Waals surface area contributed by atoms with Gasteiger partial charge in [0, 0.05) is 21.5 Å². The monoisotopic (exact) mass is 724 g/mol. The molecule has 0 saturated heterocycles. The van der Waals surface area contributed by atoms with Crippen molar-refractivity contribution < 1.29 is 85.1 Å². The molecule has 0 saturated carbocycles. The molecule has 0 aromatic heterocycles. The van der Waals surface area contributed by atoms with Crippen LogP contribution in [0.15, 0.2) is 127 Å². The van der Waals surface area contributed by atoms with Crippen molar-refractivity contribution in [3.8, 4) is 11.1 Å².